The SMILES string of the molecule is CCC1CN(C(C)O)C(CC)CN1. The molecule has 3 atom stereocenters. The number of hydrogen-bond donors (Lipinski definition) is 2. The first-order chi connectivity index (χ1) is 6.19. The molecule has 78 valence electrons. The van der Waals surface area contributed by atoms with Gasteiger partial charge in [-0.2, -0.15) is 0 Å². The highest BCUT2D eigenvalue weighted by molar-refractivity contribution is 4.85. The van der Waals surface area contributed by atoms with Crippen molar-refractivity contribution < 1.29 is 5.11 Å². The number of nitrogens with one attached hydrogen (secondary N) is 1. The van der Waals surface area contributed by atoms with Crippen LogP contribution in [0.3, 0.4) is 0 Å². The Morgan fingerprint density at radius 1 is 1.46 bits per heavy atom. The Kier molecular flexibility index (Phi) is 4.16. The Hall–Kier alpha value is -0.120. The lowest BCUT2D eigenvalue weighted by molar-refractivity contribution is -0.0344. The van der Waals surface area contributed by atoms with E-state index in [1.165, 1.54) is 0 Å². The number of rotatable bonds is 3. The molecule has 1 saturated heterocycles. The van der Waals surface area contributed by atoms with Crippen LogP contribution in [0.15, 0.2) is 0 Å². The molecule has 0 bridgehead atoms. The van der Waals surface area contributed by atoms with Crippen LogP contribution in [0.25, 0.3) is 0 Å². The van der Waals surface area contributed by atoms with Gasteiger partial charge in [0.1, 0.15) is 6.23 Å². The van der Waals surface area contributed by atoms with Crippen LogP contribution in [0.4, 0.5) is 0 Å². The molecule has 3 nitrogen and oxygen atoms in total. The lowest BCUT2D eigenvalue weighted by atomic mass is 10.1. The first-order valence-electron chi connectivity index (χ1n) is 5.36. The van der Waals surface area contributed by atoms with E-state index < -0.39 is 0 Å². The van der Waals surface area contributed by atoms with Crippen LogP contribution < -0.4 is 5.32 Å². The van der Waals surface area contributed by atoms with Gasteiger partial charge in [0.15, 0.2) is 0 Å². The van der Waals surface area contributed by atoms with Gasteiger partial charge in [-0.3, -0.25) is 4.90 Å². The molecule has 1 heterocycles. The minimum atomic E-state index is -0.305. The van der Waals surface area contributed by atoms with Gasteiger partial charge in [-0.1, -0.05) is 13.8 Å². The van der Waals surface area contributed by atoms with Crippen molar-refractivity contribution in [1.29, 1.82) is 0 Å². The Balaban J connectivity index is 2.52. The number of nitrogens with zero attached hydrogens (tertiary/aromatic N) is 1. The van der Waals surface area contributed by atoms with Gasteiger partial charge in [0, 0.05) is 25.2 Å². The fraction of sp³-hybridized carbons (Fsp3) is 1.00. The average Bonchev–Trinajstić information content (AvgIpc) is 2.16. The summed E-state index contributed by atoms with van der Waals surface area (Å²) in [5, 5.41) is 13.1. The molecule has 0 aromatic rings. The van der Waals surface area contributed by atoms with Crippen LogP contribution in [-0.4, -0.2) is 41.4 Å². The number of hydrogen-bond acceptors (Lipinski definition) is 3. The van der Waals surface area contributed by atoms with Crippen molar-refractivity contribution in [3.63, 3.8) is 0 Å². The largest absolute Gasteiger partial charge is 0.379 e. The van der Waals surface area contributed by atoms with E-state index in [1.807, 2.05) is 6.92 Å². The Labute approximate surface area is 81.1 Å². The fourth-order valence-corrected chi connectivity index (χ4v) is 2.00. The third-order valence-electron chi connectivity index (χ3n) is 2.99. The first-order valence-corrected chi connectivity index (χ1v) is 5.36. The molecule has 1 fully saturated rings. The molecule has 0 radical (unpaired) electrons. The van der Waals surface area contributed by atoms with Crippen molar-refractivity contribution in [3.05, 3.63) is 0 Å². The molecular formula is C10H22N2O. The topological polar surface area (TPSA) is 35.5 Å². The molecule has 0 aliphatic carbocycles. The van der Waals surface area contributed by atoms with E-state index in [9.17, 15) is 5.11 Å². The second-order valence-electron chi connectivity index (χ2n) is 3.90. The molecule has 13 heavy (non-hydrogen) atoms. The summed E-state index contributed by atoms with van der Waals surface area (Å²) < 4.78 is 0. The zero-order chi connectivity index (χ0) is 9.84. The van der Waals surface area contributed by atoms with Crippen LogP contribution in [-0.2, 0) is 0 Å². The predicted octanol–water partition coefficient (Wildman–Crippen LogP) is 0.787. The predicted molar refractivity (Wildman–Crippen MR) is 54.5 cm³/mol. The van der Waals surface area contributed by atoms with Gasteiger partial charge < -0.3 is 10.4 Å². The monoisotopic (exact) mass is 186 g/mol. The number of piperazine rings is 1. The van der Waals surface area contributed by atoms with Gasteiger partial charge in [0.2, 0.25) is 0 Å². The smallest absolute Gasteiger partial charge is 0.104 e. The molecule has 0 saturated carbocycles. The highest BCUT2D eigenvalue weighted by Crippen LogP contribution is 2.13. The molecule has 0 spiro atoms. The van der Waals surface area contributed by atoms with E-state index in [4.69, 9.17) is 0 Å². The molecule has 0 aromatic carbocycles. The zero-order valence-corrected chi connectivity index (χ0v) is 8.95. The van der Waals surface area contributed by atoms with Gasteiger partial charge in [-0.05, 0) is 19.8 Å². The zero-order valence-electron chi connectivity index (χ0n) is 8.95. The highest BCUT2D eigenvalue weighted by Gasteiger charge is 2.27. The van der Waals surface area contributed by atoms with Gasteiger partial charge in [0.25, 0.3) is 0 Å². The van der Waals surface area contributed by atoms with E-state index in [2.05, 4.69) is 24.1 Å². The van der Waals surface area contributed by atoms with E-state index in [-0.39, 0.29) is 6.23 Å². The molecule has 1 aliphatic heterocycles. The summed E-state index contributed by atoms with van der Waals surface area (Å²) in [7, 11) is 0. The van der Waals surface area contributed by atoms with E-state index >= 15 is 0 Å². The fourth-order valence-electron chi connectivity index (χ4n) is 2.00. The Morgan fingerprint density at radius 3 is 2.62 bits per heavy atom. The van der Waals surface area contributed by atoms with Crippen LogP contribution >= 0.6 is 0 Å². The first kappa shape index (κ1) is 11.0. The third-order valence-corrected chi connectivity index (χ3v) is 2.99. The maximum atomic E-state index is 9.59. The van der Waals surface area contributed by atoms with Crippen LogP contribution in [0.1, 0.15) is 33.6 Å². The molecule has 1 rings (SSSR count). The second-order valence-corrected chi connectivity index (χ2v) is 3.90. The molecule has 1 aliphatic rings. The van der Waals surface area contributed by atoms with Crippen molar-refractivity contribution in [3.8, 4) is 0 Å². The molecule has 3 unspecified atom stereocenters. The second kappa shape index (κ2) is 4.94. The van der Waals surface area contributed by atoms with Gasteiger partial charge in [-0.25, -0.2) is 0 Å². The van der Waals surface area contributed by atoms with Gasteiger partial charge in [-0.15, -0.1) is 0 Å². The number of aliphatic hydroxyl groups is 1. The summed E-state index contributed by atoms with van der Waals surface area (Å²) >= 11 is 0. The summed E-state index contributed by atoms with van der Waals surface area (Å²) in [5.74, 6) is 0. The maximum Gasteiger partial charge on any atom is 0.104 e. The highest BCUT2D eigenvalue weighted by atomic mass is 16.3. The van der Waals surface area contributed by atoms with E-state index in [0.29, 0.717) is 12.1 Å². The number of aliphatic hydroxyl groups excluding tert-OH is 1. The Bertz CT molecular complexity index is 150. The summed E-state index contributed by atoms with van der Waals surface area (Å²) in [6.07, 6.45) is 1.94. The van der Waals surface area contributed by atoms with Crippen LogP contribution in [0.2, 0.25) is 0 Å². The van der Waals surface area contributed by atoms with Crippen molar-refractivity contribution in [1.82, 2.24) is 10.2 Å². The summed E-state index contributed by atoms with van der Waals surface area (Å²) in [4.78, 5) is 2.20. The summed E-state index contributed by atoms with van der Waals surface area (Å²) in [5.41, 5.74) is 0. The van der Waals surface area contributed by atoms with Gasteiger partial charge in [0.05, 0.1) is 0 Å². The lowest BCUT2D eigenvalue weighted by Crippen LogP contribution is -2.58. The molecule has 0 amide bonds. The molecule has 0 aromatic heterocycles. The average molecular weight is 186 g/mol. The minimum Gasteiger partial charge on any atom is -0.379 e. The summed E-state index contributed by atoms with van der Waals surface area (Å²) in [6.45, 7) is 8.21. The van der Waals surface area contributed by atoms with Crippen LogP contribution in [0.5, 0.6) is 0 Å². The lowest BCUT2D eigenvalue weighted by Gasteiger charge is -2.41. The standard InChI is InChI=1S/C10H22N2O/c1-4-9-7-12(8(3)13)10(5-2)6-11-9/h8-11,13H,4-7H2,1-3H3. The van der Waals surface area contributed by atoms with Crippen molar-refractivity contribution in [2.24, 2.45) is 0 Å². The summed E-state index contributed by atoms with van der Waals surface area (Å²) in [6, 6.07) is 1.06. The third kappa shape index (κ3) is 2.66. The minimum absolute atomic E-state index is 0.305. The molecular weight excluding hydrogens is 164 g/mol. The van der Waals surface area contributed by atoms with Gasteiger partial charge >= 0.3 is 0 Å². The normalized spacial score (nSPS) is 33.2. The van der Waals surface area contributed by atoms with E-state index in [0.717, 1.165) is 25.9 Å². The van der Waals surface area contributed by atoms with Crippen LogP contribution in [0, 0.1) is 0 Å². The molecule has 3 heteroatoms. The van der Waals surface area contributed by atoms with Crippen molar-refractivity contribution >= 4 is 0 Å². The quantitative estimate of drug-likeness (QED) is 0.684. The molecule has 2 N–H and O–H groups in total. The van der Waals surface area contributed by atoms with Crippen molar-refractivity contribution in [2.75, 3.05) is 13.1 Å². The maximum absolute atomic E-state index is 9.59. The van der Waals surface area contributed by atoms with Crippen molar-refractivity contribution in [2.45, 2.75) is 51.9 Å². The Morgan fingerprint density at radius 2 is 2.15 bits per heavy atom. The van der Waals surface area contributed by atoms with E-state index in [1.54, 1.807) is 0 Å².